The molecule has 0 spiro atoms. The molecule has 1 aliphatic rings. The SMILES string of the molecule is CCOc1ccccc1CNC(=NC)NCCCCCN1CCCCC1.I. The summed E-state index contributed by atoms with van der Waals surface area (Å²) in [4.78, 5) is 6.93. The van der Waals surface area contributed by atoms with Gasteiger partial charge in [-0.15, -0.1) is 24.0 Å². The van der Waals surface area contributed by atoms with Crippen LogP contribution in [0, 0.1) is 0 Å². The second kappa shape index (κ2) is 15.0. The number of hydrogen-bond acceptors (Lipinski definition) is 3. The molecular formula is C21H37IN4O. The number of benzene rings is 1. The Balaban J connectivity index is 0.00000364. The Kier molecular flexibility index (Phi) is 13.3. The van der Waals surface area contributed by atoms with Gasteiger partial charge in [0.05, 0.1) is 6.61 Å². The summed E-state index contributed by atoms with van der Waals surface area (Å²) in [6.45, 7) is 8.24. The van der Waals surface area contributed by atoms with E-state index < -0.39 is 0 Å². The summed E-state index contributed by atoms with van der Waals surface area (Å²) in [6.07, 6.45) is 7.95. The van der Waals surface area contributed by atoms with Gasteiger partial charge in [0.25, 0.3) is 0 Å². The van der Waals surface area contributed by atoms with Crippen molar-refractivity contribution in [2.75, 3.05) is 39.8 Å². The Labute approximate surface area is 182 Å². The molecule has 0 unspecified atom stereocenters. The van der Waals surface area contributed by atoms with Gasteiger partial charge in [0.15, 0.2) is 5.96 Å². The molecule has 27 heavy (non-hydrogen) atoms. The zero-order valence-corrected chi connectivity index (χ0v) is 19.3. The van der Waals surface area contributed by atoms with E-state index in [2.05, 4.69) is 26.6 Å². The van der Waals surface area contributed by atoms with Gasteiger partial charge < -0.3 is 20.3 Å². The van der Waals surface area contributed by atoms with Crippen molar-refractivity contribution in [2.45, 2.75) is 52.0 Å². The monoisotopic (exact) mass is 488 g/mol. The number of hydrogen-bond donors (Lipinski definition) is 2. The van der Waals surface area contributed by atoms with Crippen LogP contribution in [-0.2, 0) is 6.54 Å². The maximum atomic E-state index is 5.67. The molecule has 1 aromatic carbocycles. The molecule has 2 rings (SSSR count). The van der Waals surface area contributed by atoms with E-state index in [-0.39, 0.29) is 24.0 Å². The molecule has 154 valence electrons. The zero-order chi connectivity index (χ0) is 18.5. The third-order valence-corrected chi connectivity index (χ3v) is 4.83. The number of nitrogens with zero attached hydrogens (tertiary/aromatic N) is 2. The van der Waals surface area contributed by atoms with Crippen molar-refractivity contribution >= 4 is 29.9 Å². The van der Waals surface area contributed by atoms with Crippen molar-refractivity contribution in [2.24, 2.45) is 4.99 Å². The van der Waals surface area contributed by atoms with E-state index in [1.54, 1.807) is 0 Å². The normalized spacial score (nSPS) is 15.1. The summed E-state index contributed by atoms with van der Waals surface area (Å²) >= 11 is 0. The molecule has 0 radical (unpaired) electrons. The van der Waals surface area contributed by atoms with Gasteiger partial charge in [0.1, 0.15) is 5.75 Å². The van der Waals surface area contributed by atoms with Crippen LogP contribution in [-0.4, -0.2) is 50.7 Å². The Morgan fingerprint density at radius 1 is 1.07 bits per heavy atom. The van der Waals surface area contributed by atoms with Gasteiger partial charge >= 0.3 is 0 Å². The van der Waals surface area contributed by atoms with Crippen LogP contribution in [0.4, 0.5) is 0 Å². The van der Waals surface area contributed by atoms with Crippen LogP contribution in [0.15, 0.2) is 29.3 Å². The van der Waals surface area contributed by atoms with Gasteiger partial charge in [-0.1, -0.05) is 31.0 Å². The highest BCUT2D eigenvalue weighted by Gasteiger charge is 2.08. The fourth-order valence-electron chi connectivity index (χ4n) is 3.37. The summed E-state index contributed by atoms with van der Waals surface area (Å²) in [5.74, 6) is 1.79. The Bertz CT molecular complexity index is 533. The highest BCUT2D eigenvalue weighted by atomic mass is 127. The number of unbranched alkanes of at least 4 members (excludes halogenated alkanes) is 2. The van der Waals surface area contributed by atoms with Gasteiger partial charge in [-0.05, 0) is 58.3 Å². The fourth-order valence-corrected chi connectivity index (χ4v) is 3.37. The molecule has 1 aromatic rings. The van der Waals surface area contributed by atoms with Crippen molar-refractivity contribution in [3.05, 3.63) is 29.8 Å². The van der Waals surface area contributed by atoms with E-state index in [0.29, 0.717) is 13.2 Å². The lowest BCUT2D eigenvalue weighted by Gasteiger charge is -2.26. The molecule has 0 saturated carbocycles. The lowest BCUT2D eigenvalue weighted by Crippen LogP contribution is -2.37. The molecule has 0 aliphatic carbocycles. The lowest BCUT2D eigenvalue weighted by atomic mass is 10.1. The second-order valence-electron chi connectivity index (χ2n) is 6.86. The minimum atomic E-state index is 0. The molecule has 5 nitrogen and oxygen atoms in total. The highest BCUT2D eigenvalue weighted by Crippen LogP contribution is 2.17. The van der Waals surface area contributed by atoms with Crippen LogP contribution >= 0.6 is 24.0 Å². The largest absolute Gasteiger partial charge is 0.494 e. The molecule has 1 fully saturated rings. The van der Waals surface area contributed by atoms with Crippen LogP contribution in [0.1, 0.15) is 51.0 Å². The third-order valence-electron chi connectivity index (χ3n) is 4.83. The standard InChI is InChI=1S/C21H36N4O.HI/c1-3-26-20-13-7-6-12-19(20)18-24-21(22-2)23-14-8-4-9-15-25-16-10-5-11-17-25;/h6-7,12-13H,3-5,8-11,14-18H2,1-2H3,(H2,22,23,24);1H. The van der Waals surface area contributed by atoms with Crippen molar-refractivity contribution in [3.8, 4) is 5.75 Å². The topological polar surface area (TPSA) is 48.9 Å². The molecule has 0 aromatic heterocycles. The second-order valence-corrected chi connectivity index (χ2v) is 6.86. The van der Waals surface area contributed by atoms with E-state index in [1.807, 2.05) is 32.2 Å². The van der Waals surface area contributed by atoms with E-state index in [4.69, 9.17) is 4.74 Å². The van der Waals surface area contributed by atoms with E-state index in [0.717, 1.165) is 23.8 Å². The van der Waals surface area contributed by atoms with Gasteiger partial charge in [-0.3, -0.25) is 4.99 Å². The fraction of sp³-hybridized carbons (Fsp3) is 0.667. The van der Waals surface area contributed by atoms with E-state index in [9.17, 15) is 0 Å². The van der Waals surface area contributed by atoms with Gasteiger partial charge in [0.2, 0.25) is 0 Å². The van der Waals surface area contributed by atoms with E-state index >= 15 is 0 Å². The first-order valence-corrected chi connectivity index (χ1v) is 10.2. The average Bonchev–Trinajstić information content (AvgIpc) is 2.69. The Morgan fingerprint density at radius 3 is 2.59 bits per heavy atom. The predicted octanol–water partition coefficient (Wildman–Crippen LogP) is 4.02. The lowest BCUT2D eigenvalue weighted by molar-refractivity contribution is 0.224. The molecular weight excluding hydrogens is 451 g/mol. The molecule has 2 N–H and O–H groups in total. The maximum absolute atomic E-state index is 5.67. The van der Waals surface area contributed by atoms with Crippen LogP contribution in [0.25, 0.3) is 0 Å². The van der Waals surface area contributed by atoms with E-state index in [1.165, 1.54) is 58.2 Å². The summed E-state index contributed by atoms with van der Waals surface area (Å²) in [5, 5.41) is 6.79. The number of likely N-dealkylation sites (tertiary alicyclic amines) is 1. The zero-order valence-electron chi connectivity index (χ0n) is 17.0. The van der Waals surface area contributed by atoms with Crippen molar-refractivity contribution < 1.29 is 4.74 Å². The van der Waals surface area contributed by atoms with Crippen LogP contribution in [0.2, 0.25) is 0 Å². The average molecular weight is 488 g/mol. The van der Waals surface area contributed by atoms with Crippen molar-refractivity contribution in [1.82, 2.24) is 15.5 Å². The van der Waals surface area contributed by atoms with Crippen molar-refractivity contribution in [3.63, 3.8) is 0 Å². The van der Waals surface area contributed by atoms with Gasteiger partial charge in [-0.2, -0.15) is 0 Å². The molecule has 0 atom stereocenters. The van der Waals surface area contributed by atoms with Gasteiger partial charge in [0, 0.05) is 25.7 Å². The minimum absolute atomic E-state index is 0. The van der Waals surface area contributed by atoms with Crippen LogP contribution in [0.5, 0.6) is 5.75 Å². The number of aliphatic imine (C=N–C) groups is 1. The van der Waals surface area contributed by atoms with Crippen LogP contribution < -0.4 is 15.4 Å². The molecule has 1 heterocycles. The highest BCUT2D eigenvalue weighted by molar-refractivity contribution is 14.0. The molecule has 1 aliphatic heterocycles. The Hall–Kier alpha value is -1.02. The number of piperidine rings is 1. The summed E-state index contributed by atoms with van der Waals surface area (Å²) in [6, 6.07) is 8.15. The maximum Gasteiger partial charge on any atom is 0.191 e. The summed E-state index contributed by atoms with van der Waals surface area (Å²) in [5.41, 5.74) is 1.15. The van der Waals surface area contributed by atoms with Gasteiger partial charge in [-0.25, -0.2) is 0 Å². The number of guanidine groups is 1. The predicted molar refractivity (Wildman–Crippen MR) is 125 cm³/mol. The molecule has 1 saturated heterocycles. The number of halogens is 1. The number of para-hydroxylation sites is 1. The first-order chi connectivity index (χ1) is 12.8. The first kappa shape index (κ1) is 24.0. The third kappa shape index (κ3) is 9.65. The number of ether oxygens (including phenoxy) is 1. The summed E-state index contributed by atoms with van der Waals surface area (Å²) in [7, 11) is 1.82. The summed E-state index contributed by atoms with van der Waals surface area (Å²) < 4.78 is 5.67. The van der Waals surface area contributed by atoms with Crippen molar-refractivity contribution in [1.29, 1.82) is 0 Å². The smallest absolute Gasteiger partial charge is 0.191 e. The van der Waals surface area contributed by atoms with Crippen LogP contribution in [0.3, 0.4) is 0 Å². The quantitative estimate of drug-likeness (QED) is 0.226. The minimum Gasteiger partial charge on any atom is -0.494 e. The Morgan fingerprint density at radius 2 is 1.85 bits per heavy atom. The number of rotatable bonds is 10. The molecule has 6 heteroatoms. The number of nitrogens with one attached hydrogen (secondary N) is 2. The first-order valence-electron chi connectivity index (χ1n) is 10.2. The molecule has 0 amide bonds. The molecule has 0 bridgehead atoms.